The Morgan fingerprint density at radius 1 is 0.850 bits per heavy atom. The number of benzene rings is 1. The fraction of sp³-hybridized carbons (Fsp3) is 0.552. The topological polar surface area (TPSA) is 118 Å². The van der Waals surface area contributed by atoms with Crippen molar-refractivity contribution in [2.24, 2.45) is 5.92 Å². The van der Waals surface area contributed by atoms with Crippen LogP contribution in [0.3, 0.4) is 0 Å². The molecule has 1 saturated heterocycles. The molecule has 1 atom stereocenters. The van der Waals surface area contributed by atoms with E-state index in [0.717, 1.165) is 20.7 Å². The lowest BCUT2D eigenvalue weighted by Crippen LogP contribution is -2.57. The number of rotatable bonds is 3. The highest BCUT2D eigenvalue weighted by Crippen LogP contribution is 2.41. The molecule has 2 aliphatic heterocycles. The van der Waals surface area contributed by atoms with Gasteiger partial charge < -0.3 is 9.47 Å². The van der Waals surface area contributed by atoms with Gasteiger partial charge in [-0.2, -0.15) is 0 Å². The third-order valence-corrected chi connectivity index (χ3v) is 7.08. The average Bonchev–Trinajstić information content (AvgIpc) is 3.19. The Kier molecular flexibility index (Phi) is 7.46. The normalized spacial score (nSPS) is 18.9. The van der Waals surface area contributed by atoms with Crippen LogP contribution in [0.25, 0.3) is 10.9 Å². The second-order valence-electron chi connectivity index (χ2n) is 12.3. The van der Waals surface area contributed by atoms with Crippen LogP contribution in [0.4, 0.5) is 14.4 Å². The van der Waals surface area contributed by atoms with Crippen molar-refractivity contribution in [2.45, 2.75) is 78.0 Å². The third-order valence-electron chi connectivity index (χ3n) is 7.08. The van der Waals surface area contributed by atoms with Crippen molar-refractivity contribution >= 4 is 40.9 Å². The number of hydrogen-bond donors (Lipinski definition) is 0. The fourth-order valence-electron chi connectivity index (χ4n) is 5.37. The molecule has 1 aromatic heterocycles. The standard InChI is InChI=1S/C29H38N4O7/c1-28(2,3)39-26(37)32-16-15-18-17-11-9-10-12-20(17)33(27(38)40-29(4,5)6)22(18)21(32)14-13-19-23(34)30(7)25(36)31(8)24(19)35/h9-12,19,21H,13-16H2,1-8H3. The smallest absolute Gasteiger partial charge is 0.419 e. The number of carbonyl (C=O) groups excluding carboxylic acids is 5. The molecule has 1 aromatic carbocycles. The van der Waals surface area contributed by atoms with E-state index >= 15 is 0 Å². The Morgan fingerprint density at radius 3 is 1.98 bits per heavy atom. The summed E-state index contributed by atoms with van der Waals surface area (Å²) in [6.07, 6.45) is -0.448. The average molecular weight is 555 g/mol. The van der Waals surface area contributed by atoms with Gasteiger partial charge in [-0.25, -0.2) is 19.0 Å². The molecule has 5 amide bonds. The molecular weight excluding hydrogens is 516 g/mol. The molecule has 0 aliphatic carbocycles. The van der Waals surface area contributed by atoms with E-state index in [1.807, 2.05) is 24.3 Å². The van der Waals surface area contributed by atoms with E-state index < -0.39 is 53.2 Å². The maximum Gasteiger partial charge on any atom is 0.419 e. The van der Waals surface area contributed by atoms with Crippen molar-refractivity contribution < 1.29 is 33.4 Å². The Hall–Kier alpha value is -3.89. The maximum absolute atomic E-state index is 13.6. The molecule has 40 heavy (non-hydrogen) atoms. The highest BCUT2D eigenvalue weighted by molar-refractivity contribution is 6.15. The van der Waals surface area contributed by atoms with Crippen LogP contribution in [0.15, 0.2) is 24.3 Å². The molecular formula is C29H38N4O7. The minimum absolute atomic E-state index is 0.0544. The van der Waals surface area contributed by atoms with Gasteiger partial charge in [0, 0.05) is 26.0 Å². The van der Waals surface area contributed by atoms with Gasteiger partial charge in [0.15, 0.2) is 0 Å². The summed E-state index contributed by atoms with van der Waals surface area (Å²) in [4.78, 5) is 68.7. The molecule has 1 unspecified atom stereocenters. The molecule has 0 spiro atoms. The lowest BCUT2D eigenvalue weighted by atomic mass is 9.90. The van der Waals surface area contributed by atoms with Gasteiger partial charge in [0.1, 0.15) is 17.1 Å². The van der Waals surface area contributed by atoms with Crippen molar-refractivity contribution in [3.8, 4) is 0 Å². The van der Waals surface area contributed by atoms with E-state index in [1.54, 1.807) is 46.4 Å². The van der Waals surface area contributed by atoms with Crippen molar-refractivity contribution in [3.05, 3.63) is 35.5 Å². The number of urea groups is 1. The highest BCUT2D eigenvalue weighted by Gasteiger charge is 2.45. The molecule has 0 radical (unpaired) electrons. The predicted molar refractivity (Wildman–Crippen MR) is 147 cm³/mol. The molecule has 1 fully saturated rings. The zero-order valence-electron chi connectivity index (χ0n) is 24.4. The number of amides is 5. The van der Waals surface area contributed by atoms with E-state index in [9.17, 15) is 24.0 Å². The zero-order chi connectivity index (χ0) is 29.7. The molecule has 11 heteroatoms. The van der Waals surface area contributed by atoms with E-state index in [2.05, 4.69) is 0 Å². The molecule has 216 valence electrons. The first-order chi connectivity index (χ1) is 18.5. The summed E-state index contributed by atoms with van der Waals surface area (Å²) in [7, 11) is 2.68. The highest BCUT2D eigenvalue weighted by atomic mass is 16.6. The van der Waals surface area contributed by atoms with Gasteiger partial charge in [-0.3, -0.25) is 24.3 Å². The monoisotopic (exact) mass is 554 g/mol. The van der Waals surface area contributed by atoms with Gasteiger partial charge in [-0.15, -0.1) is 0 Å². The summed E-state index contributed by atoms with van der Waals surface area (Å²) in [6, 6.07) is 6.09. The van der Waals surface area contributed by atoms with Crippen LogP contribution in [-0.4, -0.2) is 81.1 Å². The van der Waals surface area contributed by atoms with E-state index in [0.29, 0.717) is 24.2 Å². The number of carbonyl (C=O) groups is 5. The fourth-order valence-corrected chi connectivity index (χ4v) is 5.37. The van der Waals surface area contributed by atoms with Crippen LogP contribution in [-0.2, 0) is 25.5 Å². The molecule has 4 rings (SSSR count). The first-order valence-corrected chi connectivity index (χ1v) is 13.5. The van der Waals surface area contributed by atoms with Crippen LogP contribution in [0.1, 0.15) is 71.7 Å². The molecule has 11 nitrogen and oxygen atoms in total. The van der Waals surface area contributed by atoms with Gasteiger partial charge in [0.25, 0.3) is 0 Å². The van der Waals surface area contributed by atoms with Crippen molar-refractivity contribution in [3.63, 3.8) is 0 Å². The minimum atomic E-state index is -1.10. The maximum atomic E-state index is 13.6. The molecule has 3 heterocycles. The number of hydrogen-bond acceptors (Lipinski definition) is 7. The lowest BCUT2D eigenvalue weighted by molar-refractivity contribution is -0.148. The van der Waals surface area contributed by atoms with Crippen LogP contribution < -0.4 is 0 Å². The number of barbiturate groups is 1. The van der Waals surface area contributed by atoms with Gasteiger partial charge in [-0.05, 0) is 72.4 Å². The van der Waals surface area contributed by atoms with Crippen molar-refractivity contribution in [2.75, 3.05) is 20.6 Å². The van der Waals surface area contributed by atoms with E-state index in [-0.39, 0.29) is 12.8 Å². The molecule has 2 aromatic rings. The molecule has 0 bridgehead atoms. The number of imide groups is 2. The van der Waals surface area contributed by atoms with Crippen LogP contribution in [0, 0.1) is 5.92 Å². The molecule has 2 aliphatic rings. The Balaban J connectivity index is 1.82. The van der Waals surface area contributed by atoms with Gasteiger partial charge >= 0.3 is 18.2 Å². The van der Waals surface area contributed by atoms with Gasteiger partial charge in [0.05, 0.1) is 17.3 Å². The SMILES string of the molecule is CN1C(=O)C(CCC2c3c(c4ccccc4n3C(=O)OC(C)(C)C)CCN2C(=O)OC(C)(C)C)C(=O)N(C)C1=O. The second kappa shape index (κ2) is 10.3. The minimum Gasteiger partial charge on any atom is -0.444 e. The molecule has 0 N–H and O–H groups in total. The predicted octanol–water partition coefficient (Wildman–Crippen LogP) is 4.71. The summed E-state index contributed by atoms with van der Waals surface area (Å²) in [5.41, 5.74) is 0.583. The second-order valence-corrected chi connectivity index (χ2v) is 12.3. The summed E-state index contributed by atoms with van der Waals surface area (Å²) in [5.74, 6) is -2.29. The first kappa shape index (κ1) is 29.1. The Bertz CT molecular complexity index is 1360. The van der Waals surface area contributed by atoms with Crippen LogP contribution in [0.2, 0.25) is 0 Å². The third kappa shape index (κ3) is 5.41. The number of aromatic nitrogens is 1. The number of fused-ring (bicyclic) bond motifs is 3. The quantitative estimate of drug-likeness (QED) is 0.505. The van der Waals surface area contributed by atoms with E-state index in [1.165, 1.54) is 18.7 Å². The summed E-state index contributed by atoms with van der Waals surface area (Å²) in [5, 5.41) is 0.868. The Labute approximate surface area is 233 Å². The number of para-hydroxylation sites is 1. The van der Waals surface area contributed by atoms with E-state index in [4.69, 9.17) is 9.47 Å². The lowest BCUT2D eigenvalue weighted by Gasteiger charge is -2.39. The van der Waals surface area contributed by atoms with Crippen molar-refractivity contribution in [1.29, 1.82) is 0 Å². The van der Waals surface area contributed by atoms with Crippen LogP contribution >= 0.6 is 0 Å². The summed E-state index contributed by atoms with van der Waals surface area (Å²) >= 11 is 0. The van der Waals surface area contributed by atoms with Crippen molar-refractivity contribution in [1.82, 2.24) is 19.3 Å². The zero-order valence-corrected chi connectivity index (χ0v) is 24.4. The summed E-state index contributed by atoms with van der Waals surface area (Å²) in [6.45, 7) is 11.0. The number of nitrogens with zero attached hydrogens (tertiary/aromatic N) is 4. The Morgan fingerprint density at radius 2 is 1.40 bits per heavy atom. The van der Waals surface area contributed by atoms with Crippen LogP contribution in [0.5, 0.6) is 0 Å². The summed E-state index contributed by atoms with van der Waals surface area (Å²) < 4.78 is 13.0. The molecule has 0 saturated carbocycles. The largest absolute Gasteiger partial charge is 0.444 e. The first-order valence-electron chi connectivity index (χ1n) is 13.5. The van der Waals surface area contributed by atoms with Gasteiger partial charge in [0.2, 0.25) is 11.8 Å². The van der Waals surface area contributed by atoms with Gasteiger partial charge in [-0.1, -0.05) is 18.2 Å². The number of ether oxygens (including phenoxy) is 2.